The van der Waals surface area contributed by atoms with Crippen LogP contribution in [0.4, 0.5) is 0 Å². The van der Waals surface area contributed by atoms with E-state index in [1.807, 2.05) is 0 Å². The van der Waals surface area contributed by atoms with Gasteiger partial charge in [0.1, 0.15) is 11.6 Å². The first-order valence-electron chi connectivity index (χ1n) is 4.61. The van der Waals surface area contributed by atoms with Crippen molar-refractivity contribution in [2.24, 2.45) is 0 Å². The van der Waals surface area contributed by atoms with Crippen molar-refractivity contribution in [1.82, 2.24) is 0 Å². The molecule has 0 aliphatic heterocycles. The Morgan fingerprint density at radius 1 is 1.07 bits per heavy atom. The van der Waals surface area contributed by atoms with Gasteiger partial charge in [-0.15, -0.1) is 0 Å². The van der Waals surface area contributed by atoms with Crippen LogP contribution in [0.5, 0.6) is 0 Å². The van der Waals surface area contributed by atoms with Gasteiger partial charge in [-0.3, -0.25) is 0 Å². The van der Waals surface area contributed by atoms with Crippen molar-refractivity contribution in [2.45, 2.75) is 47.5 Å². The summed E-state index contributed by atoms with van der Waals surface area (Å²) >= 11 is 1.19. The van der Waals surface area contributed by atoms with Crippen molar-refractivity contribution in [3.8, 4) is 0 Å². The Morgan fingerprint density at radius 3 is 1.43 bits per heavy atom. The molecule has 0 atom stereocenters. The second-order valence-corrected chi connectivity index (χ2v) is 3.73. The minimum atomic E-state index is 0.167. The van der Waals surface area contributed by atoms with Crippen molar-refractivity contribution in [2.75, 3.05) is 6.61 Å². The predicted molar refractivity (Wildman–Crippen MR) is 53.6 cm³/mol. The van der Waals surface area contributed by atoms with E-state index in [0.717, 1.165) is 6.61 Å². The number of unbranched alkanes of at least 4 members (excludes halogenated alkanes) is 1. The van der Waals surface area contributed by atoms with Crippen molar-refractivity contribution in [3.63, 3.8) is 0 Å². The van der Waals surface area contributed by atoms with Crippen LogP contribution in [0.3, 0.4) is 0 Å². The number of carbonyl (C=O) groups is 2. The molecule has 0 aromatic rings. The quantitative estimate of drug-likeness (QED) is 0.746. The third kappa shape index (κ3) is 150. The summed E-state index contributed by atoms with van der Waals surface area (Å²) in [7, 11) is 0. The number of carbonyl (C=O) groups excluding carboxylic acids is 2. The molecule has 0 radical (unpaired) electrons. The number of hydrogen-bond acceptors (Lipinski definition) is 3. The molecule has 0 N–H and O–H groups in total. The molecule has 3 nitrogen and oxygen atoms in total. The van der Waals surface area contributed by atoms with E-state index < -0.39 is 0 Å². The molecule has 0 aromatic carbocycles. The Kier molecular flexibility index (Phi) is 26.6. The molecule has 0 bridgehead atoms. The standard InChI is InChI=1S/C4H9O.2C3H6O.Zr/c1-2-3-4-5;2*1-3(2)4;/h2-4H2,1H3;2*1-2H3;/q-1;;;+1. The number of hydrogen-bond donors (Lipinski definition) is 0. The molecule has 0 aliphatic rings. The zero-order valence-corrected chi connectivity index (χ0v) is 12.3. The molecule has 0 heterocycles. The maximum atomic E-state index is 9.44. The molecule has 0 unspecified atom stereocenters. The molecule has 0 aliphatic carbocycles. The SMILES string of the molecule is CC(C)=O.CC(C)=O.CCCC[O][Zr]. The average Bonchev–Trinajstić information content (AvgIpc) is 1.98. The topological polar surface area (TPSA) is 43.4 Å². The molecule has 0 aromatic heterocycles. The second-order valence-electron chi connectivity index (χ2n) is 3.02. The van der Waals surface area contributed by atoms with E-state index >= 15 is 0 Å². The summed E-state index contributed by atoms with van der Waals surface area (Å²) in [5.74, 6) is 0.333. The van der Waals surface area contributed by atoms with E-state index in [1.165, 1.54) is 65.7 Å². The van der Waals surface area contributed by atoms with Gasteiger partial charge in [0.25, 0.3) is 0 Å². The molecule has 4 heteroatoms. The van der Waals surface area contributed by atoms with Crippen LogP contribution in [-0.2, 0) is 37.6 Å². The molecular weight excluding hydrogens is 259 g/mol. The fraction of sp³-hybridized carbons (Fsp3) is 0.800. The number of Topliss-reactive ketones (excluding diaryl/α,β-unsaturated/α-hetero) is 2. The molecule has 0 rings (SSSR count). The first-order chi connectivity index (χ1) is 6.38. The normalized spacial score (nSPS) is 7.43. The summed E-state index contributed by atoms with van der Waals surface area (Å²) in [5.41, 5.74) is 0. The zero-order chi connectivity index (χ0) is 12.0. The molecule has 0 saturated heterocycles. The van der Waals surface area contributed by atoms with Crippen molar-refractivity contribution < 1.29 is 37.6 Å². The third-order valence-electron chi connectivity index (χ3n) is 0.600. The summed E-state index contributed by atoms with van der Waals surface area (Å²) < 4.78 is 4.87. The van der Waals surface area contributed by atoms with E-state index in [-0.39, 0.29) is 11.6 Å². The fourth-order valence-electron chi connectivity index (χ4n) is 0.217. The van der Waals surface area contributed by atoms with Crippen LogP contribution in [0.15, 0.2) is 0 Å². The second kappa shape index (κ2) is 18.9. The zero-order valence-electron chi connectivity index (χ0n) is 9.85. The molecule has 0 amide bonds. The maximum absolute atomic E-state index is 9.44. The van der Waals surface area contributed by atoms with Crippen LogP contribution in [0.2, 0.25) is 0 Å². The molecule has 0 saturated carbocycles. The van der Waals surface area contributed by atoms with Gasteiger partial charge in [0, 0.05) is 0 Å². The summed E-state index contributed by atoms with van der Waals surface area (Å²) in [6.45, 7) is 9.23. The van der Waals surface area contributed by atoms with E-state index in [0.29, 0.717) is 0 Å². The van der Waals surface area contributed by atoms with Crippen LogP contribution in [-0.4, -0.2) is 18.2 Å². The summed E-state index contributed by atoms with van der Waals surface area (Å²) in [6.07, 6.45) is 2.46. The summed E-state index contributed by atoms with van der Waals surface area (Å²) in [4.78, 5) is 18.9. The molecule has 0 spiro atoms. The van der Waals surface area contributed by atoms with Gasteiger partial charge in [-0.25, -0.2) is 0 Å². The molecule has 83 valence electrons. The van der Waals surface area contributed by atoms with Crippen LogP contribution < -0.4 is 0 Å². The Morgan fingerprint density at radius 2 is 1.36 bits per heavy atom. The monoisotopic (exact) mass is 279 g/mol. The van der Waals surface area contributed by atoms with Gasteiger partial charge in [0.05, 0.1) is 0 Å². The van der Waals surface area contributed by atoms with Gasteiger partial charge in [-0.1, -0.05) is 0 Å². The van der Waals surface area contributed by atoms with Crippen LogP contribution >= 0.6 is 0 Å². The van der Waals surface area contributed by atoms with E-state index in [4.69, 9.17) is 2.81 Å². The fourth-order valence-corrected chi connectivity index (χ4v) is 0.571. The Labute approximate surface area is 103 Å². The van der Waals surface area contributed by atoms with Gasteiger partial charge < -0.3 is 9.59 Å². The van der Waals surface area contributed by atoms with Crippen LogP contribution in [0.1, 0.15) is 47.5 Å². The van der Waals surface area contributed by atoms with Gasteiger partial charge in [0.15, 0.2) is 0 Å². The first-order valence-corrected chi connectivity index (χ1v) is 5.61. The van der Waals surface area contributed by atoms with E-state index in [2.05, 4.69) is 6.92 Å². The van der Waals surface area contributed by atoms with Gasteiger partial charge in [-0.2, -0.15) is 0 Å². The van der Waals surface area contributed by atoms with Crippen molar-refractivity contribution in [3.05, 3.63) is 0 Å². The Bertz CT molecular complexity index is 111. The van der Waals surface area contributed by atoms with E-state index in [9.17, 15) is 9.59 Å². The number of ketones is 2. The van der Waals surface area contributed by atoms with Crippen LogP contribution in [0.25, 0.3) is 0 Å². The van der Waals surface area contributed by atoms with Gasteiger partial charge in [-0.05, 0) is 27.7 Å². The predicted octanol–water partition coefficient (Wildman–Crippen LogP) is 2.46. The summed E-state index contributed by atoms with van der Waals surface area (Å²) in [6, 6.07) is 0. The Hall–Kier alpha value is 0.183. The third-order valence-corrected chi connectivity index (χ3v) is 1.10. The molecule has 14 heavy (non-hydrogen) atoms. The van der Waals surface area contributed by atoms with Crippen LogP contribution in [0, 0.1) is 0 Å². The molecule has 0 fully saturated rings. The van der Waals surface area contributed by atoms with E-state index in [1.54, 1.807) is 0 Å². The average molecular weight is 280 g/mol. The van der Waals surface area contributed by atoms with Gasteiger partial charge >= 0.3 is 54.3 Å². The van der Waals surface area contributed by atoms with Crippen molar-refractivity contribution >= 4 is 11.6 Å². The Balaban J connectivity index is -0.000000135. The molecular formula is C10H21O3Zr. The van der Waals surface area contributed by atoms with Crippen molar-refractivity contribution in [1.29, 1.82) is 0 Å². The summed E-state index contributed by atoms with van der Waals surface area (Å²) in [5, 5.41) is 0. The number of rotatable bonds is 3. The van der Waals surface area contributed by atoms with Gasteiger partial charge in [0.2, 0.25) is 0 Å². The first kappa shape index (κ1) is 19.7. The minimum absolute atomic E-state index is 0.167.